The summed E-state index contributed by atoms with van der Waals surface area (Å²) in [5.74, 6) is -0.132. The van der Waals surface area contributed by atoms with Gasteiger partial charge in [-0.05, 0) is 54.8 Å². The SMILES string of the molecule is CC(=O)OCCOc1c(Cl)cc(N)cc1Cl.CSc1ccccc1C(=O)Nc1ccc(N)cc1. The fraction of sp³-hybridized carbons (Fsp3) is 0.167. The maximum atomic E-state index is 12.1. The number of nitrogen functional groups attached to an aromatic ring is 2. The number of halogens is 2. The average molecular weight is 522 g/mol. The molecule has 0 spiro atoms. The number of carbonyl (C=O) groups excluding carboxylic acids is 2. The van der Waals surface area contributed by atoms with Gasteiger partial charge in [0.05, 0.1) is 15.6 Å². The minimum Gasteiger partial charge on any atom is -0.487 e. The van der Waals surface area contributed by atoms with Crippen LogP contribution in [0.25, 0.3) is 0 Å². The number of nitrogens with two attached hydrogens (primary N) is 2. The molecule has 0 bridgehead atoms. The molecule has 0 fully saturated rings. The van der Waals surface area contributed by atoms with Gasteiger partial charge in [0.2, 0.25) is 0 Å². The molecule has 1 amide bonds. The van der Waals surface area contributed by atoms with E-state index >= 15 is 0 Å². The smallest absolute Gasteiger partial charge is 0.302 e. The summed E-state index contributed by atoms with van der Waals surface area (Å²) in [6.45, 7) is 1.65. The number of amides is 1. The first-order chi connectivity index (χ1) is 16.2. The molecule has 0 saturated heterocycles. The van der Waals surface area contributed by atoms with E-state index in [4.69, 9.17) is 44.1 Å². The van der Waals surface area contributed by atoms with Gasteiger partial charge in [-0.3, -0.25) is 9.59 Å². The molecule has 0 aliphatic rings. The molecule has 3 aromatic carbocycles. The van der Waals surface area contributed by atoms with Crippen molar-refractivity contribution >= 4 is 63.9 Å². The number of carbonyl (C=O) groups is 2. The number of anilines is 3. The first-order valence-electron chi connectivity index (χ1n) is 10.0. The largest absolute Gasteiger partial charge is 0.487 e. The van der Waals surface area contributed by atoms with Gasteiger partial charge in [-0.2, -0.15) is 0 Å². The van der Waals surface area contributed by atoms with Gasteiger partial charge in [0, 0.05) is 28.9 Å². The number of nitrogens with one attached hydrogen (secondary N) is 1. The Kier molecular flexibility index (Phi) is 10.9. The molecule has 0 unspecified atom stereocenters. The van der Waals surface area contributed by atoms with Gasteiger partial charge < -0.3 is 26.3 Å². The fourth-order valence-electron chi connectivity index (χ4n) is 2.64. The van der Waals surface area contributed by atoms with Gasteiger partial charge in [-0.25, -0.2) is 0 Å². The Balaban J connectivity index is 0.000000242. The Morgan fingerprint density at radius 1 is 0.941 bits per heavy atom. The van der Waals surface area contributed by atoms with E-state index in [9.17, 15) is 9.59 Å². The Bertz CT molecular complexity index is 1100. The van der Waals surface area contributed by atoms with Gasteiger partial charge in [-0.1, -0.05) is 35.3 Å². The van der Waals surface area contributed by atoms with Crippen LogP contribution in [0, 0.1) is 0 Å². The molecular weight excluding hydrogens is 497 g/mol. The van der Waals surface area contributed by atoms with Crippen LogP contribution in [0.5, 0.6) is 5.75 Å². The first kappa shape index (κ1) is 27.2. The molecule has 0 aliphatic heterocycles. The number of ether oxygens (including phenoxy) is 2. The second kappa shape index (κ2) is 13.6. The molecule has 3 rings (SSSR count). The third-order valence-corrected chi connectivity index (χ3v) is 5.53. The number of rotatable bonds is 7. The van der Waals surface area contributed by atoms with Crippen LogP contribution in [0.4, 0.5) is 17.1 Å². The monoisotopic (exact) mass is 521 g/mol. The van der Waals surface area contributed by atoms with Crippen molar-refractivity contribution in [2.45, 2.75) is 11.8 Å². The van der Waals surface area contributed by atoms with Crippen LogP contribution in [-0.2, 0) is 9.53 Å². The molecule has 0 atom stereocenters. The Morgan fingerprint density at radius 2 is 1.56 bits per heavy atom. The Hall–Kier alpha value is -3.07. The normalized spacial score (nSPS) is 10.0. The minimum atomic E-state index is -0.363. The van der Waals surface area contributed by atoms with Crippen LogP contribution >= 0.6 is 35.0 Å². The van der Waals surface area contributed by atoms with Crippen molar-refractivity contribution in [1.82, 2.24) is 0 Å². The van der Waals surface area contributed by atoms with E-state index in [-0.39, 0.29) is 25.1 Å². The maximum Gasteiger partial charge on any atom is 0.302 e. The third kappa shape index (κ3) is 8.70. The van der Waals surface area contributed by atoms with Crippen molar-refractivity contribution in [3.05, 3.63) is 76.3 Å². The van der Waals surface area contributed by atoms with Gasteiger partial charge in [0.1, 0.15) is 13.2 Å². The van der Waals surface area contributed by atoms with E-state index in [2.05, 4.69) is 5.32 Å². The topological polar surface area (TPSA) is 117 Å². The fourth-order valence-corrected chi connectivity index (χ4v) is 3.85. The summed E-state index contributed by atoms with van der Waals surface area (Å²) in [5, 5.41) is 3.51. The van der Waals surface area contributed by atoms with Crippen LogP contribution in [0.2, 0.25) is 10.0 Å². The molecule has 5 N–H and O–H groups in total. The summed E-state index contributed by atoms with van der Waals surface area (Å²) in [6.07, 6.45) is 1.95. The maximum absolute atomic E-state index is 12.1. The molecule has 34 heavy (non-hydrogen) atoms. The molecule has 7 nitrogen and oxygen atoms in total. The molecule has 0 aliphatic carbocycles. The van der Waals surface area contributed by atoms with Crippen molar-refractivity contribution in [2.75, 3.05) is 36.3 Å². The molecule has 3 aromatic rings. The highest BCUT2D eigenvalue weighted by Crippen LogP contribution is 2.34. The number of esters is 1. The lowest BCUT2D eigenvalue weighted by Gasteiger charge is -2.10. The standard InChI is InChI=1S/C14H14N2OS.C10H11Cl2NO3/c1-18-13-5-3-2-4-12(13)14(17)16-11-8-6-10(15)7-9-11;1-6(14)15-2-3-16-10-8(11)4-7(13)5-9(10)12/h2-9H,15H2,1H3,(H,16,17);4-5H,2-3,13H2,1H3. The van der Waals surface area contributed by atoms with E-state index in [1.165, 1.54) is 19.1 Å². The van der Waals surface area contributed by atoms with E-state index < -0.39 is 0 Å². The molecule has 0 radical (unpaired) electrons. The minimum absolute atomic E-state index is 0.107. The van der Waals surface area contributed by atoms with Crippen molar-refractivity contribution < 1.29 is 19.1 Å². The van der Waals surface area contributed by atoms with E-state index in [1.54, 1.807) is 36.0 Å². The number of hydrogen-bond donors (Lipinski definition) is 3. The quantitative estimate of drug-likeness (QED) is 0.156. The van der Waals surface area contributed by atoms with Crippen LogP contribution in [0.1, 0.15) is 17.3 Å². The summed E-state index contributed by atoms with van der Waals surface area (Å²) in [7, 11) is 0. The summed E-state index contributed by atoms with van der Waals surface area (Å²) < 4.78 is 9.97. The Labute approximate surface area is 212 Å². The summed E-state index contributed by atoms with van der Waals surface area (Å²) in [5.41, 5.74) is 13.7. The van der Waals surface area contributed by atoms with Crippen molar-refractivity contribution in [3.8, 4) is 5.75 Å². The second-order valence-electron chi connectivity index (χ2n) is 6.78. The molecule has 0 heterocycles. The van der Waals surface area contributed by atoms with Gasteiger partial charge in [0.15, 0.2) is 5.75 Å². The van der Waals surface area contributed by atoms with Crippen LogP contribution in [0.3, 0.4) is 0 Å². The predicted octanol–water partition coefficient (Wildman–Crippen LogP) is 5.76. The predicted molar refractivity (Wildman–Crippen MR) is 140 cm³/mol. The highest BCUT2D eigenvalue weighted by Gasteiger charge is 2.10. The van der Waals surface area contributed by atoms with Crippen molar-refractivity contribution in [2.24, 2.45) is 0 Å². The van der Waals surface area contributed by atoms with Crippen LogP contribution < -0.4 is 21.5 Å². The molecule has 0 saturated carbocycles. The number of hydrogen-bond acceptors (Lipinski definition) is 7. The van der Waals surface area contributed by atoms with E-state index in [1.807, 2.05) is 30.5 Å². The van der Waals surface area contributed by atoms with E-state index in [0.29, 0.717) is 32.7 Å². The zero-order chi connectivity index (χ0) is 25.1. The van der Waals surface area contributed by atoms with Gasteiger partial charge >= 0.3 is 5.97 Å². The number of benzene rings is 3. The Morgan fingerprint density at radius 3 is 2.15 bits per heavy atom. The molecular formula is C24H25Cl2N3O4S. The van der Waals surface area contributed by atoms with Crippen LogP contribution in [0.15, 0.2) is 65.6 Å². The first-order valence-corrected chi connectivity index (χ1v) is 12.0. The lowest BCUT2D eigenvalue weighted by Crippen LogP contribution is -2.12. The zero-order valence-electron chi connectivity index (χ0n) is 18.6. The highest BCUT2D eigenvalue weighted by molar-refractivity contribution is 7.98. The highest BCUT2D eigenvalue weighted by atomic mass is 35.5. The molecule has 10 heteroatoms. The molecule has 180 valence electrons. The van der Waals surface area contributed by atoms with E-state index in [0.717, 1.165) is 10.6 Å². The summed E-state index contributed by atoms with van der Waals surface area (Å²) in [6, 6.07) is 17.7. The average Bonchev–Trinajstić information content (AvgIpc) is 2.79. The number of thioether (sulfide) groups is 1. The van der Waals surface area contributed by atoms with Crippen molar-refractivity contribution in [3.63, 3.8) is 0 Å². The summed E-state index contributed by atoms with van der Waals surface area (Å²) >= 11 is 13.3. The lowest BCUT2D eigenvalue weighted by atomic mass is 10.2. The lowest BCUT2D eigenvalue weighted by molar-refractivity contribution is -0.141. The van der Waals surface area contributed by atoms with Gasteiger partial charge in [0.25, 0.3) is 5.91 Å². The van der Waals surface area contributed by atoms with Gasteiger partial charge in [-0.15, -0.1) is 11.8 Å². The second-order valence-corrected chi connectivity index (χ2v) is 8.44. The van der Waals surface area contributed by atoms with Crippen LogP contribution in [-0.4, -0.2) is 31.3 Å². The summed E-state index contributed by atoms with van der Waals surface area (Å²) in [4.78, 5) is 23.6. The third-order valence-electron chi connectivity index (χ3n) is 4.18. The zero-order valence-corrected chi connectivity index (χ0v) is 21.0. The van der Waals surface area contributed by atoms with Crippen molar-refractivity contribution in [1.29, 1.82) is 0 Å². The molecule has 0 aromatic heterocycles.